The molecule has 0 saturated carbocycles. The first kappa shape index (κ1) is 14.2. The SMILES string of the molecule is CC[C@H](C)C(=O)NCc1ccnc(-n2ccnc2C)c1. The lowest BCUT2D eigenvalue weighted by Crippen LogP contribution is -2.28. The van der Waals surface area contributed by atoms with Gasteiger partial charge in [0.15, 0.2) is 0 Å². The standard InChI is InChI=1S/C15H20N4O/c1-4-11(2)15(20)18-10-13-5-6-17-14(9-13)19-8-7-16-12(19)3/h5-9,11H,4,10H2,1-3H3,(H,18,20)/t11-/m0/s1. The van der Waals surface area contributed by atoms with E-state index in [1.807, 2.05) is 43.7 Å². The number of carbonyl (C=O) groups excluding carboxylic acids is 1. The van der Waals surface area contributed by atoms with Crippen molar-refractivity contribution in [3.63, 3.8) is 0 Å². The number of nitrogens with one attached hydrogen (secondary N) is 1. The maximum absolute atomic E-state index is 11.8. The van der Waals surface area contributed by atoms with Gasteiger partial charge >= 0.3 is 0 Å². The number of nitrogens with zero attached hydrogens (tertiary/aromatic N) is 3. The Bertz CT molecular complexity index is 591. The molecular weight excluding hydrogens is 252 g/mol. The van der Waals surface area contributed by atoms with E-state index in [0.29, 0.717) is 6.54 Å². The van der Waals surface area contributed by atoms with Crippen LogP contribution in [0.4, 0.5) is 0 Å². The molecule has 5 heteroatoms. The van der Waals surface area contributed by atoms with Crippen LogP contribution in [0.15, 0.2) is 30.7 Å². The Morgan fingerprint density at radius 3 is 2.85 bits per heavy atom. The molecule has 0 spiro atoms. The van der Waals surface area contributed by atoms with Crippen LogP contribution in [0.2, 0.25) is 0 Å². The Kier molecular flexibility index (Phi) is 4.50. The molecule has 2 heterocycles. The quantitative estimate of drug-likeness (QED) is 0.908. The highest BCUT2D eigenvalue weighted by Crippen LogP contribution is 2.10. The second-order valence-corrected chi connectivity index (χ2v) is 4.89. The fourth-order valence-corrected chi connectivity index (χ4v) is 1.87. The summed E-state index contributed by atoms with van der Waals surface area (Å²) in [5.74, 6) is 1.84. The van der Waals surface area contributed by atoms with Gasteiger partial charge in [0, 0.05) is 31.1 Å². The van der Waals surface area contributed by atoms with Crippen LogP contribution in [-0.2, 0) is 11.3 Å². The van der Waals surface area contributed by atoms with Crippen molar-refractivity contribution < 1.29 is 4.79 Å². The lowest BCUT2D eigenvalue weighted by Gasteiger charge is -2.11. The minimum atomic E-state index is 0.0483. The number of carbonyl (C=O) groups is 1. The average Bonchev–Trinajstić information content (AvgIpc) is 2.90. The van der Waals surface area contributed by atoms with Crippen LogP contribution < -0.4 is 5.32 Å². The fourth-order valence-electron chi connectivity index (χ4n) is 1.87. The molecule has 0 fully saturated rings. The van der Waals surface area contributed by atoms with Crippen LogP contribution in [0, 0.1) is 12.8 Å². The summed E-state index contributed by atoms with van der Waals surface area (Å²) in [6.45, 7) is 6.39. The minimum absolute atomic E-state index is 0.0483. The number of hydrogen-bond donors (Lipinski definition) is 1. The highest BCUT2D eigenvalue weighted by Gasteiger charge is 2.10. The lowest BCUT2D eigenvalue weighted by molar-refractivity contribution is -0.124. The summed E-state index contributed by atoms with van der Waals surface area (Å²) in [6.07, 6.45) is 6.22. The monoisotopic (exact) mass is 272 g/mol. The van der Waals surface area contributed by atoms with Crippen LogP contribution in [0.1, 0.15) is 31.7 Å². The molecule has 1 N–H and O–H groups in total. The second-order valence-electron chi connectivity index (χ2n) is 4.89. The van der Waals surface area contributed by atoms with Crippen LogP contribution in [0.3, 0.4) is 0 Å². The van der Waals surface area contributed by atoms with Crippen molar-refractivity contribution in [1.29, 1.82) is 0 Å². The number of rotatable bonds is 5. The molecule has 0 aliphatic heterocycles. The molecule has 1 atom stereocenters. The summed E-state index contributed by atoms with van der Waals surface area (Å²) in [4.78, 5) is 20.3. The second kappa shape index (κ2) is 6.32. The van der Waals surface area contributed by atoms with Crippen LogP contribution in [0.25, 0.3) is 5.82 Å². The first-order valence-electron chi connectivity index (χ1n) is 6.84. The van der Waals surface area contributed by atoms with Gasteiger partial charge < -0.3 is 5.32 Å². The Morgan fingerprint density at radius 2 is 2.20 bits per heavy atom. The average molecular weight is 272 g/mol. The molecule has 0 bridgehead atoms. The molecule has 0 saturated heterocycles. The van der Waals surface area contributed by atoms with Gasteiger partial charge in [-0.2, -0.15) is 0 Å². The Balaban J connectivity index is 2.07. The van der Waals surface area contributed by atoms with Crippen LogP contribution >= 0.6 is 0 Å². The zero-order valence-electron chi connectivity index (χ0n) is 12.1. The van der Waals surface area contributed by atoms with E-state index in [2.05, 4.69) is 15.3 Å². The zero-order chi connectivity index (χ0) is 14.5. The zero-order valence-corrected chi connectivity index (χ0v) is 12.1. The maximum Gasteiger partial charge on any atom is 0.223 e. The first-order valence-corrected chi connectivity index (χ1v) is 6.84. The third-order valence-electron chi connectivity index (χ3n) is 3.41. The minimum Gasteiger partial charge on any atom is -0.352 e. The molecule has 5 nitrogen and oxygen atoms in total. The number of hydrogen-bond acceptors (Lipinski definition) is 3. The molecule has 2 aromatic rings. The van der Waals surface area contributed by atoms with E-state index in [0.717, 1.165) is 23.6 Å². The van der Waals surface area contributed by atoms with E-state index >= 15 is 0 Å². The van der Waals surface area contributed by atoms with Crippen LogP contribution in [0.5, 0.6) is 0 Å². The Hall–Kier alpha value is -2.17. The van der Waals surface area contributed by atoms with Gasteiger partial charge in [-0.1, -0.05) is 13.8 Å². The summed E-state index contributed by atoms with van der Waals surface area (Å²) in [6, 6.07) is 3.87. The molecule has 106 valence electrons. The maximum atomic E-state index is 11.8. The molecule has 0 aliphatic rings. The van der Waals surface area contributed by atoms with Crippen molar-refractivity contribution >= 4 is 5.91 Å². The van der Waals surface area contributed by atoms with Crippen molar-refractivity contribution in [3.05, 3.63) is 42.1 Å². The summed E-state index contributed by atoms with van der Waals surface area (Å²) < 4.78 is 1.92. The Morgan fingerprint density at radius 1 is 1.40 bits per heavy atom. The number of pyridine rings is 1. The molecule has 0 aromatic carbocycles. The van der Waals surface area contributed by atoms with E-state index in [1.165, 1.54) is 0 Å². The van der Waals surface area contributed by atoms with E-state index in [4.69, 9.17) is 0 Å². The first-order chi connectivity index (χ1) is 9.61. The molecule has 20 heavy (non-hydrogen) atoms. The Labute approximate surface area is 119 Å². The van der Waals surface area contributed by atoms with Crippen LogP contribution in [-0.4, -0.2) is 20.4 Å². The van der Waals surface area contributed by atoms with E-state index in [9.17, 15) is 4.79 Å². The van der Waals surface area contributed by atoms with Gasteiger partial charge in [0.25, 0.3) is 0 Å². The molecule has 1 amide bonds. The topological polar surface area (TPSA) is 59.8 Å². The van der Waals surface area contributed by atoms with Gasteiger partial charge in [0.05, 0.1) is 0 Å². The van der Waals surface area contributed by atoms with E-state index in [1.54, 1.807) is 12.4 Å². The van der Waals surface area contributed by atoms with Crippen molar-refractivity contribution in [2.45, 2.75) is 33.7 Å². The summed E-state index contributed by atoms with van der Waals surface area (Å²) >= 11 is 0. The van der Waals surface area contributed by atoms with Crippen molar-refractivity contribution in [1.82, 2.24) is 19.9 Å². The predicted molar refractivity (Wildman–Crippen MR) is 77.4 cm³/mol. The normalized spacial score (nSPS) is 12.2. The highest BCUT2D eigenvalue weighted by molar-refractivity contribution is 5.78. The van der Waals surface area contributed by atoms with E-state index in [-0.39, 0.29) is 11.8 Å². The van der Waals surface area contributed by atoms with Gasteiger partial charge in [0.1, 0.15) is 11.6 Å². The number of aromatic nitrogens is 3. The van der Waals surface area contributed by atoms with Gasteiger partial charge in [-0.05, 0) is 31.0 Å². The lowest BCUT2D eigenvalue weighted by atomic mass is 10.1. The summed E-state index contributed by atoms with van der Waals surface area (Å²) in [5.41, 5.74) is 1.03. The summed E-state index contributed by atoms with van der Waals surface area (Å²) in [7, 11) is 0. The third-order valence-corrected chi connectivity index (χ3v) is 3.41. The number of amides is 1. The van der Waals surface area contributed by atoms with Crippen molar-refractivity contribution in [2.75, 3.05) is 0 Å². The fraction of sp³-hybridized carbons (Fsp3) is 0.400. The molecule has 0 radical (unpaired) electrons. The highest BCUT2D eigenvalue weighted by atomic mass is 16.1. The third kappa shape index (κ3) is 3.23. The van der Waals surface area contributed by atoms with Gasteiger partial charge in [-0.15, -0.1) is 0 Å². The molecule has 0 unspecified atom stereocenters. The largest absolute Gasteiger partial charge is 0.352 e. The predicted octanol–water partition coefficient (Wildman–Crippen LogP) is 2.24. The van der Waals surface area contributed by atoms with Gasteiger partial charge in [0.2, 0.25) is 5.91 Å². The van der Waals surface area contributed by atoms with E-state index < -0.39 is 0 Å². The summed E-state index contributed by atoms with van der Waals surface area (Å²) in [5, 5.41) is 2.95. The van der Waals surface area contributed by atoms with Gasteiger partial charge in [-0.25, -0.2) is 9.97 Å². The van der Waals surface area contributed by atoms with Crippen molar-refractivity contribution in [3.8, 4) is 5.82 Å². The number of imidazole rings is 1. The molecule has 0 aliphatic carbocycles. The van der Waals surface area contributed by atoms with Crippen molar-refractivity contribution in [2.24, 2.45) is 5.92 Å². The molecule has 2 aromatic heterocycles. The van der Waals surface area contributed by atoms with Gasteiger partial charge in [-0.3, -0.25) is 9.36 Å². The molecular formula is C15H20N4O. The number of aryl methyl sites for hydroxylation is 1. The smallest absolute Gasteiger partial charge is 0.223 e. The molecule has 2 rings (SSSR count).